The molecule has 0 aromatic heterocycles. The standard InChI is InChI=1S/C58H69N5O3/c1-4-52-55(62(44-64)37-19-35-60-39-31-57(32-40-60,47-22-10-6-11-23-47)48-24-12-7-13-25-48)54(46-21-18-30-51(43-46)66-3)56(53(5-2)59-52)63(45-65)38-20-36-61-41-33-58(34-42-61,49-26-14-8-15-27-49)50-28-16-9-17-29-50/h6-18,21-30,43-45,54,59H,4-5,19-20,31-42H2,1-3H3. The van der Waals surface area contributed by atoms with Gasteiger partial charge in [-0.25, -0.2) is 0 Å². The Morgan fingerprint density at radius 2 is 0.939 bits per heavy atom. The van der Waals surface area contributed by atoms with Crippen molar-refractivity contribution in [3.63, 3.8) is 0 Å². The summed E-state index contributed by atoms with van der Waals surface area (Å²) in [6, 6.07) is 52.2. The summed E-state index contributed by atoms with van der Waals surface area (Å²) in [5.74, 6) is 0.400. The number of ether oxygens (including phenoxy) is 1. The molecule has 5 aromatic carbocycles. The molecule has 2 saturated heterocycles. The highest BCUT2D eigenvalue weighted by atomic mass is 16.5. The van der Waals surface area contributed by atoms with E-state index in [-0.39, 0.29) is 16.7 Å². The van der Waals surface area contributed by atoms with Gasteiger partial charge in [-0.05, 0) is 131 Å². The van der Waals surface area contributed by atoms with Gasteiger partial charge in [-0.15, -0.1) is 0 Å². The molecule has 2 amide bonds. The van der Waals surface area contributed by atoms with Crippen LogP contribution in [0.5, 0.6) is 5.75 Å². The van der Waals surface area contributed by atoms with Crippen LogP contribution in [0.4, 0.5) is 0 Å². The number of nitrogens with one attached hydrogen (secondary N) is 1. The minimum atomic E-state index is -0.346. The molecule has 8 nitrogen and oxygen atoms in total. The van der Waals surface area contributed by atoms with Gasteiger partial charge in [0.05, 0.1) is 24.4 Å². The Bertz CT molecular complexity index is 2160. The number of allylic oxidation sites excluding steroid dienone is 2. The fourth-order valence-corrected chi connectivity index (χ4v) is 11.4. The second kappa shape index (κ2) is 22.0. The zero-order valence-electron chi connectivity index (χ0n) is 39.4. The van der Waals surface area contributed by atoms with Gasteiger partial charge in [0, 0.05) is 35.3 Å². The monoisotopic (exact) mass is 884 g/mol. The molecule has 0 bridgehead atoms. The van der Waals surface area contributed by atoms with Crippen molar-refractivity contribution < 1.29 is 14.3 Å². The smallest absolute Gasteiger partial charge is 0.213 e. The Morgan fingerprint density at radius 3 is 1.27 bits per heavy atom. The summed E-state index contributed by atoms with van der Waals surface area (Å²) in [6.45, 7) is 11.2. The molecule has 0 saturated carbocycles. The number of carbonyl (C=O) groups is 2. The Labute approximate surface area is 394 Å². The number of likely N-dealkylation sites (tertiary alicyclic amines) is 2. The number of dihydropyridines is 1. The molecule has 2 fully saturated rings. The Balaban J connectivity index is 0.979. The zero-order chi connectivity index (χ0) is 45.8. The van der Waals surface area contributed by atoms with E-state index in [0.29, 0.717) is 25.9 Å². The SMILES string of the molecule is CCC1=C(N(C=O)CCCN2CCC(c3ccccc3)(c3ccccc3)CC2)C(c2cccc(OC)c2)C(N(C=O)CCCN2CCC(c3ccccc3)(c3ccccc3)CC2)=C(CC)N1. The van der Waals surface area contributed by atoms with E-state index < -0.39 is 0 Å². The first kappa shape index (κ1) is 46.6. The van der Waals surface area contributed by atoms with Crippen LogP contribution >= 0.6 is 0 Å². The molecule has 8 heteroatoms. The summed E-state index contributed by atoms with van der Waals surface area (Å²) >= 11 is 0. The summed E-state index contributed by atoms with van der Waals surface area (Å²) in [7, 11) is 1.69. The molecule has 1 N–H and O–H groups in total. The maximum absolute atomic E-state index is 13.4. The van der Waals surface area contributed by atoms with Gasteiger partial charge < -0.3 is 29.7 Å². The van der Waals surface area contributed by atoms with Crippen LogP contribution in [-0.2, 0) is 20.4 Å². The molecule has 5 aromatic rings. The van der Waals surface area contributed by atoms with E-state index in [1.165, 1.54) is 22.3 Å². The third kappa shape index (κ3) is 9.91. The Kier molecular flexibility index (Phi) is 15.5. The largest absolute Gasteiger partial charge is 0.497 e. The van der Waals surface area contributed by atoms with E-state index in [0.717, 1.165) is 125 Å². The van der Waals surface area contributed by atoms with Crippen LogP contribution in [0, 0.1) is 0 Å². The van der Waals surface area contributed by atoms with Crippen LogP contribution in [0.2, 0.25) is 0 Å². The first-order chi connectivity index (χ1) is 32.5. The lowest BCUT2D eigenvalue weighted by molar-refractivity contribution is -0.117. The number of piperidine rings is 2. The van der Waals surface area contributed by atoms with Crippen LogP contribution in [0.1, 0.15) is 98.9 Å². The second-order valence-corrected chi connectivity index (χ2v) is 18.4. The molecule has 3 aliphatic rings. The van der Waals surface area contributed by atoms with Crippen molar-refractivity contribution in [1.82, 2.24) is 24.9 Å². The minimum Gasteiger partial charge on any atom is -0.497 e. The number of hydrogen-bond acceptors (Lipinski definition) is 6. The van der Waals surface area contributed by atoms with E-state index >= 15 is 0 Å². The predicted octanol–water partition coefficient (Wildman–Crippen LogP) is 10.5. The topological polar surface area (TPSA) is 68.4 Å². The summed E-state index contributed by atoms with van der Waals surface area (Å²) in [5, 5.41) is 3.78. The van der Waals surface area contributed by atoms with Crippen molar-refractivity contribution >= 4 is 12.8 Å². The number of hydrogen-bond donors (Lipinski definition) is 1. The average molecular weight is 884 g/mol. The van der Waals surface area contributed by atoms with Gasteiger partial charge >= 0.3 is 0 Å². The third-order valence-corrected chi connectivity index (χ3v) is 14.9. The molecule has 0 aliphatic carbocycles. The molecule has 0 atom stereocenters. The van der Waals surface area contributed by atoms with Gasteiger partial charge in [0.1, 0.15) is 5.75 Å². The van der Waals surface area contributed by atoms with Gasteiger partial charge in [0.25, 0.3) is 0 Å². The van der Waals surface area contributed by atoms with Gasteiger partial charge in [0.2, 0.25) is 12.8 Å². The quantitative estimate of drug-likeness (QED) is 0.0786. The molecular formula is C58H69N5O3. The minimum absolute atomic E-state index is 0.0129. The van der Waals surface area contributed by atoms with E-state index in [9.17, 15) is 9.59 Å². The van der Waals surface area contributed by atoms with Crippen molar-refractivity contribution in [3.05, 3.63) is 196 Å². The molecule has 0 radical (unpaired) electrons. The first-order valence-corrected chi connectivity index (χ1v) is 24.4. The third-order valence-electron chi connectivity index (χ3n) is 14.9. The summed E-state index contributed by atoms with van der Waals surface area (Å²) in [6.07, 6.45) is 9.28. The fraction of sp³-hybridized carbons (Fsp3) is 0.379. The summed E-state index contributed by atoms with van der Waals surface area (Å²) in [5.41, 5.74) is 10.4. The molecule has 0 unspecified atom stereocenters. The van der Waals surface area contributed by atoms with Crippen molar-refractivity contribution in [2.45, 2.75) is 82.0 Å². The van der Waals surface area contributed by atoms with Crippen LogP contribution in [0.3, 0.4) is 0 Å². The number of nitrogens with zero attached hydrogens (tertiary/aromatic N) is 4. The first-order valence-electron chi connectivity index (χ1n) is 24.4. The lowest BCUT2D eigenvalue weighted by atomic mass is 9.68. The number of rotatable bonds is 20. The normalized spacial score (nSPS) is 17.8. The van der Waals surface area contributed by atoms with E-state index in [4.69, 9.17) is 4.74 Å². The maximum atomic E-state index is 13.4. The number of methoxy groups -OCH3 is 1. The Morgan fingerprint density at radius 1 is 0.561 bits per heavy atom. The number of amides is 2. The van der Waals surface area contributed by atoms with Gasteiger partial charge in [-0.1, -0.05) is 147 Å². The number of carbonyl (C=O) groups excluding carboxylic acids is 2. The van der Waals surface area contributed by atoms with Gasteiger partial charge in [0.15, 0.2) is 0 Å². The molecule has 8 rings (SSSR count). The van der Waals surface area contributed by atoms with Crippen LogP contribution in [0.25, 0.3) is 0 Å². The highest BCUT2D eigenvalue weighted by molar-refractivity contribution is 5.61. The van der Waals surface area contributed by atoms with Crippen molar-refractivity contribution in [1.29, 1.82) is 0 Å². The molecule has 66 heavy (non-hydrogen) atoms. The maximum Gasteiger partial charge on any atom is 0.213 e. The van der Waals surface area contributed by atoms with Crippen molar-refractivity contribution in [2.75, 3.05) is 59.5 Å². The predicted molar refractivity (Wildman–Crippen MR) is 267 cm³/mol. The Hall–Kier alpha value is -5.96. The highest BCUT2D eigenvalue weighted by Gasteiger charge is 2.40. The lowest BCUT2D eigenvalue weighted by Gasteiger charge is -2.43. The molecule has 3 heterocycles. The van der Waals surface area contributed by atoms with Gasteiger partial charge in [-0.2, -0.15) is 0 Å². The van der Waals surface area contributed by atoms with E-state index in [1.807, 2.05) is 21.9 Å². The molecular weight excluding hydrogens is 815 g/mol. The summed E-state index contributed by atoms with van der Waals surface area (Å²) in [4.78, 5) is 35.9. The highest BCUT2D eigenvalue weighted by Crippen LogP contribution is 2.45. The molecule has 344 valence electrons. The van der Waals surface area contributed by atoms with E-state index in [2.05, 4.69) is 162 Å². The van der Waals surface area contributed by atoms with Crippen LogP contribution in [-0.4, -0.2) is 91.9 Å². The zero-order valence-corrected chi connectivity index (χ0v) is 39.4. The fourth-order valence-electron chi connectivity index (χ4n) is 11.4. The molecule has 0 spiro atoms. The lowest BCUT2D eigenvalue weighted by Crippen LogP contribution is -2.45. The number of benzene rings is 5. The second-order valence-electron chi connectivity index (χ2n) is 18.4. The van der Waals surface area contributed by atoms with Crippen molar-refractivity contribution in [2.24, 2.45) is 0 Å². The van der Waals surface area contributed by atoms with Crippen LogP contribution in [0.15, 0.2) is 168 Å². The average Bonchev–Trinajstić information content (AvgIpc) is 3.40. The van der Waals surface area contributed by atoms with Gasteiger partial charge in [-0.3, -0.25) is 9.59 Å². The molecule has 3 aliphatic heterocycles. The van der Waals surface area contributed by atoms with Crippen LogP contribution < -0.4 is 10.1 Å². The summed E-state index contributed by atoms with van der Waals surface area (Å²) < 4.78 is 5.78. The van der Waals surface area contributed by atoms with Crippen molar-refractivity contribution in [3.8, 4) is 5.75 Å². The van der Waals surface area contributed by atoms with E-state index in [1.54, 1.807) is 7.11 Å².